The molecule has 1 amide bonds. The fourth-order valence-electron chi connectivity index (χ4n) is 3.44. The molecule has 10 nitrogen and oxygen atoms in total. The summed E-state index contributed by atoms with van der Waals surface area (Å²) in [5.41, 5.74) is 1.25. The van der Waals surface area contributed by atoms with Crippen LogP contribution in [0.3, 0.4) is 0 Å². The van der Waals surface area contributed by atoms with Crippen molar-refractivity contribution in [2.75, 3.05) is 40.0 Å². The Hall–Kier alpha value is -3.54. The highest BCUT2D eigenvalue weighted by molar-refractivity contribution is 7.90. The minimum Gasteiger partial charge on any atom is -0.440 e. The smallest absolute Gasteiger partial charge is 0.340 e. The van der Waals surface area contributed by atoms with Gasteiger partial charge in [-0.15, -0.1) is 0 Å². The van der Waals surface area contributed by atoms with Gasteiger partial charge in [0.25, 0.3) is 10.2 Å². The summed E-state index contributed by atoms with van der Waals surface area (Å²) in [5.74, 6) is 0.358. The van der Waals surface area contributed by atoms with E-state index in [0.717, 1.165) is 0 Å². The molecule has 0 saturated carbocycles. The fraction of sp³-hybridized carbons (Fsp3) is 0.280. The second-order valence-corrected chi connectivity index (χ2v) is 10.7. The fourth-order valence-corrected chi connectivity index (χ4v) is 4.19. The molecule has 0 aliphatic heterocycles. The van der Waals surface area contributed by atoms with Crippen LogP contribution in [-0.2, 0) is 27.8 Å². The average Bonchev–Trinajstić information content (AvgIpc) is 2.82. The van der Waals surface area contributed by atoms with Crippen LogP contribution < -0.4 is 19.8 Å². The van der Waals surface area contributed by atoms with Crippen molar-refractivity contribution >= 4 is 44.4 Å². The van der Waals surface area contributed by atoms with Gasteiger partial charge in [-0.05, 0) is 35.9 Å². The molecule has 0 radical (unpaired) electrons. The molecule has 0 saturated heterocycles. The van der Waals surface area contributed by atoms with Gasteiger partial charge < -0.3 is 19.0 Å². The van der Waals surface area contributed by atoms with Crippen molar-refractivity contribution in [3.63, 3.8) is 0 Å². The van der Waals surface area contributed by atoms with E-state index in [9.17, 15) is 18.0 Å². The van der Waals surface area contributed by atoms with Crippen molar-refractivity contribution in [1.29, 1.82) is 0 Å². The van der Waals surface area contributed by atoms with E-state index in [2.05, 4.69) is 16.0 Å². The maximum atomic E-state index is 13.2. The first-order chi connectivity index (χ1) is 17.3. The van der Waals surface area contributed by atoms with Crippen molar-refractivity contribution in [2.45, 2.75) is 12.8 Å². The number of nitrogens with one attached hydrogen (secondary N) is 2. The lowest BCUT2D eigenvalue weighted by atomic mass is 9.95. The van der Waals surface area contributed by atoms with Crippen molar-refractivity contribution in [3.8, 4) is 5.75 Å². The SMILES string of the molecule is C=C(Oc1cc2oc(=O)c(Cc3cccc(NS(=O)(=O)NC)c3)c(CC(=O)N(C)C)c2cc1Cl)N(C)C. The van der Waals surface area contributed by atoms with Gasteiger partial charge in [-0.25, -0.2) is 9.52 Å². The highest BCUT2D eigenvalue weighted by Gasteiger charge is 2.21. The highest BCUT2D eigenvalue weighted by atomic mass is 35.5. The summed E-state index contributed by atoms with van der Waals surface area (Å²) >= 11 is 6.50. The Bertz CT molecular complexity index is 1520. The van der Waals surface area contributed by atoms with Gasteiger partial charge in [-0.3, -0.25) is 9.52 Å². The number of amides is 1. The van der Waals surface area contributed by atoms with Crippen LogP contribution >= 0.6 is 11.6 Å². The maximum absolute atomic E-state index is 13.2. The number of fused-ring (bicyclic) bond motifs is 1. The predicted molar refractivity (Wildman–Crippen MR) is 144 cm³/mol. The van der Waals surface area contributed by atoms with Crippen molar-refractivity contribution in [3.05, 3.63) is 81.0 Å². The first-order valence-corrected chi connectivity index (χ1v) is 13.0. The third-order valence-corrected chi connectivity index (χ3v) is 6.89. The van der Waals surface area contributed by atoms with Crippen molar-refractivity contribution < 1.29 is 22.4 Å². The first-order valence-electron chi connectivity index (χ1n) is 11.1. The quantitative estimate of drug-likeness (QED) is 0.295. The number of carbonyl (C=O) groups excluding carboxylic acids is 1. The number of anilines is 1. The Balaban J connectivity index is 2.14. The van der Waals surface area contributed by atoms with Gasteiger partial charge >= 0.3 is 5.63 Å². The molecule has 0 aliphatic rings. The molecule has 0 atom stereocenters. The number of nitrogens with zero attached hydrogens (tertiary/aromatic N) is 2. The molecule has 0 spiro atoms. The van der Waals surface area contributed by atoms with E-state index in [-0.39, 0.29) is 40.7 Å². The molecule has 198 valence electrons. The third-order valence-electron chi connectivity index (χ3n) is 5.55. The minimum atomic E-state index is -3.72. The van der Waals surface area contributed by atoms with Crippen LogP contribution in [0.2, 0.25) is 5.02 Å². The lowest BCUT2D eigenvalue weighted by molar-refractivity contribution is -0.127. The molecule has 3 aromatic rings. The molecule has 2 N–H and O–H groups in total. The van der Waals surface area contributed by atoms with Gasteiger partial charge in [0.15, 0.2) is 11.6 Å². The summed E-state index contributed by atoms with van der Waals surface area (Å²) in [7, 11) is 4.33. The van der Waals surface area contributed by atoms with E-state index >= 15 is 0 Å². The third kappa shape index (κ3) is 6.82. The Morgan fingerprint density at radius 2 is 1.81 bits per heavy atom. The summed E-state index contributed by atoms with van der Waals surface area (Å²) in [4.78, 5) is 29.0. The standard InChI is InChI=1S/C25H29ClN4O6S/c1-15(29(3)4)35-23-14-22-19(12-21(23)26)18(13-24(31)30(5)6)20(25(32)36-22)11-16-8-7-9-17(10-16)28-37(33,34)27-2/h7-10,12,14,27-28H,1,11,13H2,2-6H3. The molecule has 0 aliphatic carbocycles. The molecule has 1 heterocycles. The van der Waals surface area contributed by atoms with Crippen LogP contribution in [0.25, 0.3) is 11.0 Å². The van der Waals surface area contributed by atoms with Gasteiger partial charge in [-0.1, -0.05) is 23.7 Å². The molecule has 37 heavy (non-hydrogen) atoms. The summed E-state index contributed by atoms with van der Waals surface area (Å²) in [6.07, 6.45) is 0.0220. The predicted octanol–water partition coefficient (Wildman–Crippen LogP) is 2.96. The number of benzene rings is 2. The van der Waals surface area contributed by atoms with E-state index in [1.807, 2.05) is 0 Å². The second-order valence-electron chi connectivity index (χ2n) is 8.67. The monoisotopic (exact) mass is 548 g/mol. The van der Waals surface area contributed by atoms with E-state index in [0.29, 0.717) is 28.1 Å². The highest BCUT2D eigenvalue weighted by Crippen LogP contribution is 2.34. The molecule has 0 fully saturated rings. The average molecular weight is 549 g/mol. The van der Waals surface area contributed by atoms with Crippen LogP contribution in [-0.4, -0.2) is 59.4 Å². The van der Waals surface area contributed by atoms with Crippen molar-refractivity contribution in [1.82, 2.24) is 14.5 Å². The number of hydrogen-bond acceptors (Lipinski definition) is 7. The van der Waals surface area contributed by atoms with E-state index in [1.165, 1.54) is 18.0 Å². The minimum absolute atomic E-state index is 0.0720. The number of hydrogen-bond donors (Lipinski definition) is 2. The molecule has 0 unspecified atom stereocenters. The molecule has 1 aromatic heterocycles. The number of ether oxygens (including phenoxy) is 1. The van der Waals surface area contributed by atoms with Gasteiger partial charge in [0.1, 0.15) is 5.58 Å². The van der Waals surface area contributed by atoms with Gasteiger partial charge in [0, 0.05) is 58.7 Å². The van der Waals surface area contributed by atoms with E-state index in [1.54, 1.807) is 63.4 Å². The Kier molecular flexibility index (Phi) is 8.52. The molecule has 2 aromatic carbocycles. The van der Waals surface area contributed by atoms with Crippen molar-refractivity contribution in [2.24, 2.45) is 0 Å². The number of likely N-dealkylation sites (N-methyl/N-ethyl adjacent to an activating group) is 1. The molecule has 3 rings (SSSR count). The summed E-state index contributed by atoms with van der Waals surface area (Å²) in [5, 5.41) is 0.738. The van der Waals surface area contributed by atoms with Gasteiger partial charge in [0.05, 0.1) is 17.1 Å². The van der Waals surface area contributed by atoms with E-state index in [4.69, 9.17) is 20.8 Å². The first kappa shape index (κ1) is 28.0. The van der Waals surface area contributed by atoms with Crippen LogP contribution in [0.4, 0.5) is 5.69 Å². The topological polar surface area (TPSA) is 121 Å². The van der Waals surface area contributed by atoms with Crippen LogP contribution in [0.1, 0.15) is 16.7 Å². The summed E-state index contributed by atoms with van der Waals surface area (Å²) < 4.78 is 39.7. The lowest BCUT2D eigenvalue weighted by Gasteiger charge is -2.18. The Morgan fingerprint density at radius 3 is 2.43 bits per heavy atom. The largest absolute Gasteiger partial charge is 0.440 e. The summed E-state index contributed by atoms with van der Waals surface area (Å²) in [6, 6.07) is 9.68. The molecular weight excluding hydrogens is 520 g/mol. The zero-order valence-corrected chi connectivity index (χ0v) is 22.8. The number of carbonyl (C=O) groups is 1. The normalized spacial score (nSPS) is 11.3. The summed E-state index contributed by atoms with van der Waals surface area (Å²) in [6.45, 7) is 3.82. The number of rotatable bonds is 10. The molecule has 0 bridgehead atoms. The maximum Gasteiger partial charge on any atom is 0.340 e. The molecule has 12 heteroatoms. The van der Waals surface area contributed by atoms with Crippen LogP contribution in [0.15, 0.2) is 58.1 Å². The zero-order valence-electron chi connectivity index (χ0n) is 21.2. The Morgan fingerprint density at radius 1 is 1.11 bits per heavy atom. The molecular formula is C25H29ClN4O6S. The van der Waals surface area contributed by atoms with Crippen LogP contribution in [0, 0.1) is 0 Å². The van der Waals surface area contributed by atoms with E-state index < -0.39 is 15.8 Å². The Labute approximate surface area is 220 Å². The van der Waals surface area contributed by atoms with Crippen LogP contribution in [0.5, 0.6) is 5.75 Å². The van der Waals surface area contributed by atoms with Gasteiger partial charge in [0.2, 0.25) is 5.91 Å². The number of halogens is 1. The second kappa shape index (κ2) is 11.2. The lowest BCUT2D eigenvalue weighted by Crippen LogP contribution is -2.26. The van der Waals surface area contributed by atoms with Gasteiger partial charge in [-0.2, -0.15) is 8.42 Å². The zero-order chi connectivity index (χ0) is 27.5.